The number of amides is 1. The van der Waals surface area contributed by atoms with Crippen LogP contribution in [0.4, 0.5) is 5.69 Å². The molecule has 27 heavy (non-hydrogen) atoms. The van der Waals surface area contributed by atoms with Crippen molar-refractivity contribution in [2.75, 3.05) is 5.32 Å². The molecule has 0 radical (unpaired) electrons. The fourth-order valence-corrected chi connectivity index (χ4v) is 3.94. The maximum absolute atomic E-state index is 12.8. The zero-order chi connectivity index (χ0) is 19.4. The van der Waals surface area contributed by atoms with Gasteiger partial charge < -0.3 is 5.32 Å². The molecule has 0 fully saturated rings. The first-order chi connectivity index (χ1) is 13.0. The number of aryl methyl sites for hydroxylation is 1. The number of hydrogen-bond acceptors (Lipinski definition) is 2. The summed E-state index contributed by atoms with van der Waals surface area (Å²) in [4.78, 5) is 17.0. The summed E-state index contributed by atoms with van der Waals surface area (Å²) >= 11 is 9.58. The van der Waals surface area contributed by atoms with Gasteiger partial charge in [-0.25, -0.2) is 0 Å². The van der Waals surface area contributed by atoms with Crippen molar-refractivity contribution in [3.8, 4) is 11.1 Å². The van der Waals surface area contributed by atoms with E-state index in [-0.39, 0.29) is 11.8 Å². The summed E-state index contributed by atoms with van der Waals surface area (Å²) in [5.41, 5.74) is 4.84. The lowest BCUT2D eigenvalue weighted by Crippen LogP contribution is -2.20. The molecule has 0 bridgehead atoms. The number of nitrogens with zero attached hydrogens (tertiary/aromatic N) is 1. The molecule has 1 unspecified atom stereocenters. The first-order valence-electron chi connectivity index (χ1n) is 8.76. The molecular formula is C22H20BrClN2O. The molecule has 1 atom stereocenters. The number of halogens is 2. The normalized spacial score (nSPS) is 11.9. The molecular weight excluding hydrogens is 424 g/mol. The lowest BCUT2D eigenvalue weighted by Gasteiger charge is -2.16. The average molecular weight is 444 g/mol. The molecule has 3 rings (SSSR count). The molecule has 1 heterocycles. The number of carbonyl (C=O) groups is 1. The van der Waals surface area contributed by atoms with Gasteiger partial charge in [0.15, 0.2) is 0 Å². The van der Waals surface area contributed by atoms with Gasteiger partial charge in [0.2, 0.25) is 5.91 Å². The summed E-state index contributed by atoms with van der Waals surface area (Å²) in [6.45, 7) is 3.96. The lowest BCUT2D eigenvalue weighted by molar-refractivity contribution is -0.117. The highest BCUT2D eigenvalue weighted by Gasteiger charge is 2.19. The Bertz CT molecular complexity index is 937. The Morgan fingerprint density at radius 3 is 2.48 bits per heavy atom. The molecule has 3 aromatic rings. The topological polar surface area (TPSA) is 42.0 Å². The molecule has 0 saturated carbocycles. The van der Waals surface area contributed by atoms with Crippen molar-refractivity contribution in [3.05, 3.63) is 81.5 Å². The molecule has 2 aromatic carbocycles. The van der Waals surface area contributed by atoms with Gasteiger partial charge in [-0.3, -0.25) is 9.78 Å². The molecule has 0 aliphatic rings. The zero-order valence-electron chi connectivity index (χ0n) is 15.2. The van der Waals surface area contributed by atoms with E-state index in [1.807, 2.05) is 68.4 Å². The smallest absolute Gasteiger partial charge is 0.231 e. The van der Waals surface area contributed by atoms with Crippen molar-refractivity contribution in [3.63, 3.8) is 0 Å². The highest BCUT2D eigenvalue weighted by Crippen LogP contribution is 2.28. The van der Waals surface area contributed by atoms with E-state index >= 15 is 0 Å². The van der Waals surface area contributed by atoms with Gasteiger partial charge in [-0.1, -0.05) is 46.6 Å². The van der Waals surface area contributed by atoms with E-state index < -0.39 is 0 Å². The number of benzene rings is 2. The van der Waals surface area contributed by atoms with Gasteiger partial charge in [-0.05, 0) is 72.5 Å². The quantitative estimate of drug-likeness (QED) is 0.482. The Morgan fingerprint density at radius 2 is 1.85 bits per heavy atom. The summed E-state index contributed by atoms with van der Waals surface area (Å²) in [7, 11) is 0. The van der Waals surface area contributed by atoms with Crippen molar-refractivity contribution in [2.24, 2.45) is 0 Å². The number of carbonyl (C=O) groups excluding carboxylic acids is 1. The standard InChI is InChI=1S/C22H20BrClN2O/c1-3-21(17-11-18(23)13-19(24)12-17)22(27)26-20-6-4-15(5-7-20)16-8-9-25-14(2)10-16/h4-13,21H,3H2,1-2H3,(H,26,27). The fraction of sp³-hybridized carbons (Fsp3) is 0.182. The van der Waals surface area contributed by atoms with Crippen molar-refractivity contribution >= 4 is 39.1 Å². The van der Waals surface area contributed by atoms with E-state index in [0.29, 0.717) is 11.4 Å². The molecule has 5 heteroatoms. The van der Waals surface area contributed by atoms with Crippen molar-refractivity contribution < 1.29 is 4.79 Å². The number of pyridine rings is 1. The van der Waals surface area contributed by atoms with E-state index in [9.17, 15) is 4.79 Å². The van der Waals surface area contributed by atoms with Crippen LogP contribution in [0.5, 0.6) is 0 Å². The highest BCUT2D eigenvalue weighted by atomic mass is 79.9. The van der Waals surface area contributed by atoms with Gasteiger partial charge in [0, 0.05) is 27.1 Å². The van der Waals surface area contributed by atoms with Crippen LogP contribution >= 0.6 is 27.5 Å². The lowest BCUT2D eigenvalue weighted by atomic mass is 9.95. The van der Waals surface area contributed by atoms with Gasteiger partial charge in [0.05, 0.1) is 5.92 Å². The maximum Gasteiger partial charge on any atom is 0.231 e. The van der Waals surface area contributed by atoms with Gasteiger partial charge in [0.1, 0.15) is 0 Å². The summed E-state index contributed by atoms with van der Waals surface area (Å²) in [6, 6.07) is 17.5. The van der Waals surface area contributed by atoms with Gasteiger partial charge in [0.25, 0.3) is 0 Å². The third-order valence-corrected chi connectivity index (χ3v) is 5.07. The second kappa shape index (κ2) is 8.68. The average Bonchev–Trinajstić information content (AvgIpc) is 2.62. The number of hydrogen-bond donors (Lipinski definition) is 1. The second-order valence-corrected chi connectivity index (χ2v) is 7.77. The molecule has 1 aromatic heterocycles. The minimum Gasteiger partial charge on any atom is -0.326 e. The SMILES string of the molecule is CCC(C(=O)Nc1ccc(-c2ccnc(C)c2)cc1)c1cc(Cl)cc(Br)c1. The summed E-state index contributed by atoms with van der Waals surface area (Å²) in [5.74, 6) is -0.304. The van der Waals surface area contributed by atoms with E-state index in [4.69, 9.17) is 11.6 Å². The van der Waals surface area contributed by atoms with Crippen molar-refractivity contribution in [1.82, 2.24) is 4.98 Å². The molecule has 0 saturated heterocycles. The first kappa shape index (κ1) is 19.6. The maximum atomic E-state index is 12.8. The van der Waals surface area contributed by atoms with Crippen molar-refractivity contribution in [1.29, 1.82) is 0 Å². The Morgan fingerprint density at radius 1 is 1.11 bits per heavy atom. The monoisotopic (exact) mass is 442 g/mol. The molecule has 0 aliphatic carbocycles. The van der Waals surface area contributed by atoms with E-state index in [1.54, 1.807) is 6.20 Å². The number of rotatable bonds is 5. The zero-order valence-corrected chi connectivity index (χ0v) is 17.5. The predicted octanol–water partition coefficient (Wildman–Crippen LogP) is 6.61. The molecule has 3 nitrogen and oxygen atoms in total. The minimum atomic E-state index is -0.262. The van der Waals surface area contributed by atoms with Crippen LogP contribution < -0.4 is 5.32 Å². The molecule has 1 amide bonds. The van der Waals surface area contributed by atoms with Crippen LogP contribution in [0.1, 0.15) is 30.5 Å². The molecule has 0 spiro atoms. The Labute approximate surface area is 172 Å². The van der Waals surface area contributed by atoms with Crippen LogP contribution in [-0.4, -0.2) is 10.9 Å². The highest BCUT2D eigenvalue weighted by molar-refractivity contribution is 9.10. The summed E-state index contributed by atoms with van der Waals surface area (Å²) < 4.78 is 0.869. The van der Waals surface area contributed by atoms with Crippen molar-refractivity contribution in [2.45, 2.75) is 26.2 Å². The number of nitrogens with one attached hydrogen (secondary N) is 1. The fourth-order valence-electron chi connectivity index (χ4n) is 3.05. The first-order valence-corrected chi connectivity index (χ1v) is 9.93. The predicted molar refractivity (Wildman–Crippen MR) is 115 cm³/mol. The van der Waals surface area contributed by atoms with Crippen LogP contribution in [-0.2, 0) is 4.79 Å². The third kappa shape index (κ3) is 4.96. The Hall–Kier alpha value is -2.17. The second-order valence-electron chi connectivity index (χ2n) is 6.42. The molecule has 138 valence electrons. The van der Waals surface area contributed by atoms with Gasteiger partial charge in [-0.2, -0.15) is 0 Å². The molecule has 0 aliphatic heterocycles. The van der Waals surface area contributed by atoms with Crippen LogP contribution in [0, 0.1) is 6.92 Å². The Kier molecular flexibility index (Phi) is 6.30. The van der Waals surface area contributed by atoms with E-state index in [0.717, 1.165) is 32.5 Å². The summed E-state index contributed by atoms with van der Waals surface area (Å²) in [5, 5.41) is 3.62. The largest absolute Gasteiger partial charge is 0.326 e. The van der Waals surface area contributed by atoms with Crippen LogP contribution in [0.15, 0.2) is 65.3 Å². The number of aromatic nitrogens is 1. The Balaban J connectivity index is 1.76. The van der Waals surface area contributed by atoms with Gasteiger partial charge >= 0.3 is 0 Å². The minimum absolute atomic E-state index is 0.0424. The molecule has 1 N–H and O–H groups in total. The van der Waals surface area contributed by atoms with E-state index in [1.165, 1.54) is 0 Å². The summed E-state index contributed by atoms with van der Waals surface area (Å²) in [6.07, 6.45) is 2.49. The third-order valence-electron chi connectivity index (χ3n) is 4.39. The van der Waals surface area contributed by atoms with Gasteiger partial charge in [-0.15, -0.1) is 0 Å². The van der Waals surface area contributed by atoms with Crippen LogP contribution in [0.2, 0.25) is 5.02 Å². The van der Waals surface area contributed by atoms with Crippen LogP contribution in [0.25, 0.3) is 11.1 Å². The van der Waals surface area contributed by atoms with E-state index in [2.05, 4.69) is 26.2 Å². The number of anilines is 1. The van der Waals surface area contributed by atoms with Crippen LogP contribution in [0.3, 0.4) is 0 Å².